The van der Waals surface area contributed by atoms with Gasteiger partial charge < -0.3 is 26.7 Å². The van der Waals surface area contributed by atoms with E-state index in [1.165, 1.54) is 60.7 Å². The van der Waals surface area contributed by atoms with Crippen LogP contribution in [-0.2, 0) is 38.3 Å². The average Bonchev–Trinajstić information content (AvgIpc) is 1.65. The lowest BCUT2D eigenvalue weighted by atomic mass is 10.0. The van der Waals surface area contributed by atoms with E-state index in [-0.39, 0.29) is 45.8 Å². The number of H-pyrrole nitrogens is 4. The van der Waals surface area contributed by atoms with Crippen LogP contribution in [0.1, 0.15) is 57.0 Å². The number of nitro benzene ring substituents is 2. The normalized spacial score (nSPS) is 10.9. The molecular formula is C72H61Cl3F4N14O9S2. The van der Waals surface area contributed by atoms with Crippen LogP contribution in [0.5, 0.6) is 11.6 Å². The number of aromatic nitrogens is 8. The summed E-state index contributed by atoms with van der Waals surface area (Å²) in [6.45, 7) is 2.49. The van der Waals surface area contributed by atoms with Crippen molar-refractivity contribution in [3.05, 3.63) is 316 Å². The van der Waals surface area contributed by atoms with Crippen molar-refractivity contribution in [2.24, 2.45) is 17.2 Å². The van der Waals surface area contributed by atoms with Crippen LogP contribution in [0.4, 0.5) is 28.9 Å². The van der Waals surface area contributed by atoms with Crippen LogP contribution in [-0.4, -0.2) is 79.3 Å². The predicted octanol–water partition coefficient (Wildman–Crippen LogP) is 14.4. The zero-order valence-electron chi connectivity index (χ0n) is 54.8. The number of hydrogen-bond donors (Lipinski definition) is 8. The number of methoxy groups -OCH3 is 1. The second kappa shape index (κ2) is 34.3. The van der Waals surface area contributed by atoms with Gasteiger partial charge in [-0.1, -0.05) is 95.5 Å². The van der Waals surface area contributed by atoms with Crippen LogP contribution in [0, 0.1) is 31.5 Å². The van der Waals surface area contributed by atoms with Crippen LogP contribution < -0.4 is 43.4 Å². The highest BCUT2D eigenvalue weighted by Crippen LogP contribution is 2.34. The summed E-state index contributed by atoms with van der Waals surface area (Å²) in [6, 6.07) is 51.7. The Kier molecular flexibility index (Phi) is 25.2. The Morgan fingerprint density at radius 1 is 0.538 bits per heavy atom. The number of aromatic amines is 4. The van der Waals surface area contributed by atoms with Gasteiger partial charge in [-0.2, -0.15) is 27.2 Å². The summed E-state index contributed by atoms with van der Waals surface area (Å²) >= 11 is 27.8. The fraction of sp³-hybridized carbons (Fsp3) is 0.125. The number of hydrogen-bond acceptors (Lipinski definition) is 13. The van der Waals surface area contributed by atoms with Gasteiger partial charge in [0, 0.05) is 97.5 Å². The summed E-state index contributed by atoms with van der Waals surface area (Å²) in [5, 5.41) is 46.4. The third kappa shape index (κ3) is 19.2. The maximum absolute atomic E-state index is 13.1. The molecule has 11 N–H and O–H groups in total. The Bertz CT molecular complexity index is 5120. The summed E-state index contributed by atoms with van der Waals surface area (Å²) in [4.78, 5) is 58.7. The molecule has 0 saturated heterocycles. The van der Waals surface area contributed by atoms with Gasteiger partial charge in [0.05, 0.1) is 51.9 Å². The van der Waals surface area contributed by atoms with Gasteiger partial charge in [0.15, 0.2) is 10.2 Å². The number of rotatable bonds is 18. The van der Waals surface area contributed by atoms with Crippen molar-refractivity contribution < 1.29 is 36.9 Å². The van der Waals surface area contributed by atoms with E-state index in [2.05, 4.69) is 25.5 Å². The number of ether oxygens (including phenoxy) is 2. The molecule has 104 heavy (non-hydrogen) atoms. The third-order valence-corrected chi connectivity index (χ3v) is 16.8. The van der Waals surface area contributed by atoms with Gasteiger partial charge in [0.1, 0.15) is 11.6 Å². The second-order valence-electron chi connectivity index (χ2n) is 22.7. The van der Waals surface area contributed by atoms with Crippen molar-refractivity contribution in [2.45, 2.75) is 45.2 Å². The van der Waals surface area contributed by atoms with Crippen molar-refractivity contribution in [3.63, 3.8) is 0 Å². The minimum Gasteiger partial charge on any atom is -0.497 e. The first-order chi connectivity index (χ1) is 49.6. The number of nitrogen functional groups attached to an aromatic ring is 1. The highest BCUT2D eigenvalue weighted by Gasteiger charge is 2.31. The molecule has 8 aromatic carbocycles. The van der Waals surface area contributed by atoms with Gasteiger partial charge in [0.25, 0.3) is 28.1 Å². The highest BCUT2D eigenvalue weighted by molar-refractivity contribution is 7.80. The quantitative estimate of drug-likeness (QED) is 0.00988. The van der Waals surface area contributed by atoms with Crippen LogP contribution >= 0.6 is 59.2 Å². The molecule has 0 atom stereocenters. The van der Waals surface area contributed by atoms with Gasteiger partial charge in [-0.25, -0.2) is 4.39 Å². The SMILES string of the molecule is CCOc1n[nH]c(-c2ccc(OC)cc2)c1CCc1ccc(F)cc1.N=C(N)n1[nH]c(-c2ccc([N+](=O)[O-])cc2)c(Cc2cccc(Cl)c2)c1=O.NC(=S)n1[nH]c(-c2ccc(C(F)(F)F)cc2)c(Cc2cccc(Cl)c2)c1=O.NC(=S)n1[nH]c(-c2ccc([N+](=O)[O-])cc2)c(Cc2cccc(Cl)c2)c1=O. The lowest BCUT2D eigenvalue weighted by Gasteiger charge is -2.08. The van der Waals surface area contributed by atoms with Gasteiger partial charge in [-0.15, -0.1) is 5.10 Å². The second-order valence-corrected chi connectivity index (χ2v) is 24.8. The molecule has 0 unspecified atom stereocenters. The van der Waals surface area contributed by atoms with Crippen LogP contribution in [0.3, 0.4) is 0 Å². The molecule has 12 aromatic rings. The lowest BCUT2D eigenvalue weighted by molar-refractivity contribution is -0.385. The minimum absolute atomic E-state index is 0.0405. The number of halogens is 7. The lowest BCUT2D eigenvalue weighted by Crippen LogP contribution is -2.31. The highest BCUT2D eigenvalue weighted by atomic mass is 35.5. The fourth-order valence-electron chi connectivity index (χ4n) is 10.7. The molecule has 0 aliphatic heterocycles. The van der Waals surface area contributed by atoms with Crippen molar-refractivity contribution >= 4 is 86.8 Å². The Labute approximate surface area is 614 Å². The molecule has 4 aromatic heterocycles. The van der Waals surface area contributed by atoms with Crippen molar-refractivity contribution in [2.75, 3.05) is 13.7 Å². The molecule has 0 amide bonds. The average molecular weight is 1510 g/mol. The van der Waals surface area contributed by atoms with E-state index >= 15 is 0 Å². The molecule has 0 radical (unpaired) electrons. The standard InChI is InChI=1S/C20H21FN2O2.C18H13ClF3N3OS.C17H14ClN5O3.C17H13ClN4O3S/c1-3-25-20-18(13-6-14-4-9-16(21)10-5-14)19(22-23-20)15-7-11-17(24-2)12-8-15;19-13-3-1-2-10(8-13)9-14-15(24-25(16(14)26)17(23)27)11-4-6-12(7-5-11)18(20,21)22;18-12-3-1-2-10(8-12)9-14-15(21-22(16(14)24)17(19)20)11-4-6-13(7-5-11)23(25)26;18-12-3-1-2-10(8-12)9-14-15(20-21(16(14)23)17(19)26)11-4-6-13(7-5-11)22(24)25/h4-5,7-12H,3,6,13H2,1-2H3,(H,22,23);1-8,24H,9H2,(H2,23,27);1-8,21H,9H2,(H3,19,20);1-8,20H,9H2,(H2,19,26). The zero-order valence-corrected chi connectivity index (χ0v) is 58.7. The Balaban J connectivity index is 0.000000161. The van der Waals surface area contributed by atoms with E-state index in [1.54, 1.807) is 79.9 Å². The van der Waals surface area contributed by atoms with Crippen LogP contribution in [0.25, 0.3) is 45.0 Å². The summed E-state index contributed by atoms with van der Waals surface area (Å²) in [5.74, 6) is 0.757. The molecule has 0 bridgehead atoms. The van der Waals surface area contributed by atoms with Gasteiger partial charge in [0.2, 0.25) is 11.8 Å². The molecule has 0 aliphatic rings. The van der Waals surface area contributed by atoms with Crippen molar-refractivity contribution in [1.29, 1.82) is 5.41 Å². The van der Waals surface area contributed by atoms with E-state index in [0.29, 0.717) is 84.4 Å². The first-order valence-electron chi connectivity index (χ1n) is 31.1. The number of nitrogens with two attached hydrogens (primary N) is 3. The molecule has 0 fully saturated rings. The van der Waals surface area contributed by atoms with E-state index in [4.69, 9.17) is 91.3 Å². The summed E-state index contributed by atoms with van der Waals surface area (Å²) < 4.78 is 65.3. The number of aryl methyl sites for hydroxylation is 1. The zero-order chi connectivity index (χ0) is 75.1. The molecule has 12 rings (SSSR count). The van der Waals surface area contributed by atoms with Crippen molar-refractivity contribution in [1.82, 2.24) is 39.5 Å². The number of nitrogens with zero attached hydrogens (tertiary/aromatic N) is 6. The van der Waals surface area contributed by atoms with Gasteiger partial charge in [-0.3, -0.25) is 60.4 Å². The molecule has 4 heterocycles. The molecule has 23 nitrogen and oxygen atoms in total. The molecule has 0 aliphatic carbocycles. The van der Waals surface area contributed by atoms with E-state index in [1.807, 2.05) is 55.5 Å². The van der Waals surface area contributed by atoms with Gasteiger partial charge >= 0.3 is 6.18 Å². The van der Waals surface area contributed by atoms with Crippen LogP contribution in [0.15, 0.2) is 209 Å². The Morgan fingerprint density at radius 2 is 0.913 bits per heavy atom. The third-order valence-electron chi connectivity index (χ3n) is 15.8. The molecule has 32 heteroatoms. The van der Waals surface area contributed by atoms with E-state index < -0.39 is 38.7 Å². The van der Waals surface area contributed by atoms with E-state index in [0.717, 1.165) is 83.8 Å². The maximum atomic E-state index is 13.1. The topological polar surface area (TPSA) is 349 Å². The monoisotopic (exact) mass is 1510 g/mol. The molecular weight excluding hydrogens is 1450 g/mol. The number of non-ortho nitro benzene ring substituents is 2. The first kappa shape index (κ1) is 76.4. The Hall–Kier alpha value is -11.8. The van der Waals surface area contributed by atoms with Gasteiger partial charge in [-0.05, 0) is 181 Å². The number of benzene rings is 8. The fourth-order valence-corrected chi connectivity index (χ4v) is 11.6. The molecule has 0 saturated carbocycles. The van der Waals surface area contributed by atoms with Crippen molar-refractivity contribution in [3.8, 4) is 56.7 Å². The summed E-state index contributed by atoms with van der Waals surface area (Å²) in [5.41, 5.74) is 25.0. The first-order valence-corrected chi connectivity index (χ1v) is 33.0. The minimum atomic E-state index is -4.44. The summed E-state index contributed by atoms with van der Waals surface area (Å²) in [6.07, 6.45) is -2.13. The van der Waals surface area contributed by atoms with Crippen LogP contribution in [0.2, 0.25) is 15.1 Å². The number of thiocarbonyl (C=S) groups is 2. The predicted molar refractivity (Wildman–Crippen MR) is 400 cm³/mol. The number of alkyl halides is 3. The largest absolute Gasteiger partial charge is 0.497 e. The molecule has 534 valence electrons. The smallest absolute Gasteiger partial charge is 0.416 e. The molecule has 0 spiro atoms. The number of nitro groups is 2. The maximum Gasteiger partial charge on any atom is 0.416 e. The summed E-state index contributed by atoms with van der Waals surface area (Å²) in [7, 11) is 1.65. The van der Waals surface area contributed by atoms with E-state index in [9.17, 15) is 52.2 Å². The number of nitrogens with one attached hydrogen (secondary N) is 5. The Morgan fingerprint density at radius 3 is 1.27 bits per heavy atom.